The van der Waals surface area contributed by atoms with Gasteiger partial charge in [0.25, 0.3) is 5.91 Å². The smallest absolute Gasteiger partial charge is 0.284 e. The molecular formula is C20H18N2O5. The van der Waals surface area contributed by atoms with Gasteiger partial charge >= 0.3 is 0 Å². The standard InChI is InChI=1S/C20H18N2O5/c1-13(6-7-14-8-9-16-18(10-14)26-12-25-16)21-22-20(23)19-11-24-15-4-2-3-5-17(15)27-19/h2-10,19H,11-12H2,1H3,(H,22,23)/b7-6+,21-13-/t19-/m0/s1. The Morgan fingerprint density at radius 3 is 2.74 bits per heavy atom. The first kappa shape index (κ1) is 17.0. The van der Waals surface area contributed by atoms with E-state index >= 15 is 0 Å². The van der Waals surface area contributed by atoms with Gasteiger partial charge in [-0.05, 0) is 42.8 Å². The Labute approximate surface area is 156 Å². The largest absolute Gasteiger partial charge is 0.485 e. The summed E-state index contributed by atoms with van der Waals surface area (Å²) in [6.07, 6.45) is 2.93. The molecule has 0 bridgehead atoms. The molecular weight excluding hydrogens is 348 g/mol. The lowest BCUT2D eigenvalue weighted by Crippen LogP contribution is -2.42. The molecule has 7 nitrogen and oxygen atoms in total. The number of carbonyl (C=O) groups is 1. The number of hydrogen-bond acceptors (Lipinski definition) is 6. The van der Waals surface area contributed by atoms with Gasteiger partial charge in [0.05, 0.1) is 5.71 Å². The first-order chi connectivity index (χ1) is 13.2. The zero-order valence-electron chi connectivity index (χ0n) is 14.7. The van der Waals surface area contributed by atoms with Crippen LogP contribution in [0.2, 0.25) is 0 Å². The van der Waals surface area contributed by atoms with E-state index in [0.29, 0.717) is 17.2 Å². The molecule has 1 N–H and O–H groups in total. The quantitative estimate of drug-likeness (QED) is 0.665. The van der Waals surface area contributed by atoms with E-state index in [0.717, 1.165) is 17.1 Å². The number of nitrogens with zero attached hydrogens (tertiary/aromatic N) is 1. The summed E-state index contributed by atoms with van der Waals surface area (Å²) in [6.45, 7) is 2.17. The summed E-state index contributed by atoms with van der Waals surface area (Å²) >= 11 is 0. The maximum Gasteiger partial charge on any atom is 0.284 e. The number of amides is 1. The van der Waals surface area contributed by atoms with E-state index in [9.17, 15) is 4.79 Å². The fourth-order valence-corrected chi connectivity index (χ4v) is 2.63. The number of para-hydroxylation sites is 2. The van der Waals surface area contributed by atoms with Crippen molar-refractivity contribution in [1.29, 1.82) is 0 Å². The monoisotopic (exact) mass is 366 g/mol. The molecule has 0 radical (unpaired) electrons. The van der Waals surface area contributed by atoms with Crippen LogP contribution in [0.3, 0.4) is 0 Å². The van der Waals surface area contributed by atoms with Crippen LogP contribution in [0.25, 0.3) is 6.08 Å². The van der Waals surface area contributed by atoms with E-state index in [1.165, 1.54) is 0 Å². The summed E-state index contributed by atoms with van der Waals surface area (Å²) < 4.78 is 21.8. The SMILES string of the molecule is CC(/C=C/c1ccc2c(c1)OCO2)=N/NC(=O)[C@@H]1COc2ccccc2O1. The van der Waals surface area contributed by atoms with Gasteiger partial charge in [0, 0.05) is 0 Å². The minimum atomic E-state index is -0.741. The molecule has 0 fully saturated rings. The zero-order valence-corrected chi connectivity index (χ0v) is 14.7. The molecule has 2 heterocycles. The number of benzene rings is 2. The Hall–Kier alpha value is -3.48. The van der Waals surface area contributed by atoms with Crippen molar-refractivity contribution in [2.75, 3.05) is 13.4 Å². The fourth-order valence-electron chi connectivity index (χ4n) is 2.63. The fraction of sp³-hybridized carbons (Fsp3) is 0.200. The minimum absolute atomic E-state index is 0.143. The highest BCUT2D eigenvalue weighted by Gasteiger charge is 2.27. The van der Waals surface area contributed by atoms with Crippen LogP contribution >= 0.6 is 0 Å². The van der Waals surface area contributed by atoms with Crippen molar-refractivity contribution >= 4 is 17.7 Å². The van der Waals surface area contributed by atoms with Gasteiger partial charge in [-0.25, -0.2) is 5.43 Å². The third kappa shape index (κ3) is 3.87. The van der Waals surface area contributed by atoms with Crippen LogP contribution in [0.15, 0.2) is 53.6 Å². The van der Waals surface area contributed by atoms with Crippen molar-refractivity contribution in [3.63, 3.8) is 0 Å². The predicted octanol–water partition coefficient (Wildman–Crippen LogP) is 2.76. The second kappa shape index (κ2) is 7.41. The number of carbonyl (C=O) groups excluding carboxylic acids is 1. The Morgan fingerprint density at radius 2 is 1.85 bits per heavy atom. The molecule has 0 saturated heterocycles. The lowest BCUT2D eigenvalue weighted by atomic mass is 10.2. The minimum Gasteiger partial charge on any atom is -0.485 e. The van der Waals surface area contributed by atoms with Gasteiger partial charge in [-0.1, -0.05) is 24.3 Å². The summed E-state index contributed by atoms with van der Waals surface area (Å²) in [5.41, 5.74) is 4.09. The highest BCUT2D eigenvalue weighted by molar-refractivity contribution is 5.97. The summed E-state index contributed by atoms with van der Waals surface area (Å²) in [7, 11) is 0. The molecule has 1 amide bonds. The van der Waals surface area contributed by atoms with E-state index in [4.69, 9.17) is 18.9 Å². The number of fused-ring (bicyclic) bond motifs is 2. The van der Waals surface area contributed by atoms with Gasteiger partial charge in [-0.15, -0.1) is 0 Å². The number of hydrazone groups is 1. The van der Waals surface area contributed by atoms with Gasteiger partial charge < -0.3 is 18.9 Å². The van der Waals surface area contributed by atoms with Crippen molar-refractivity contribution < 1.29 is 23.7 Å². The Bertz CT molecular complexity index is 922. The first-order valence-corrected chi connectivity index (χ1v) is 8.49. The number of rotatable bonds is 4. The third-order valence-corrected chi connectivity index (χ3v) is 4.06. The van der Waals surface area contributed by atoms with Gasteiger partial charge in [-0.2, -0.15) is 5.10 Å². The Kier molecular flexibility index (Phi) is 4.65. The Morgan fingerprint density at radius 1 is 1.07 bits per heavy atom. The van der Waals surface area contributed by atoms with E-state index in [1.807, 2.05) is 36.4 Å². The van der Waals surface area contributed by atoms with E-state index in [1.54, 1.807) is 25.1 Å². The molecule has 1 atom stereocenters. The van der Waals surface area contributed by atoms with Gasteiger partial charge in [0.2, 0.25) is 12.9 Å². The van der Waals surface area contributed by atoms with Crippen molar-refractivity contribution in [3.05, 3.63) is 54.1 Å². The van der Waals surface area contributed by atoms with Crippen LogP contribution in [-0.4, -0.2) is 31.1 Å². The average molecular weight is 366 g/mol. The highest BCUT2D eigenvalue weighted by Crippen LogP contribution is 2.33. The molecule has 0 unspecified atom stereocenters. The molecule has 0 aromatic heterocycles. The number of allylic oxidation sites excluding steroid dienone is 1. The average Bonchev–Trinajstić information content (AvgIpc) is 3.18. The number of hydrogen-bond donors (Lipinski definition) is 1. The van der Waals surface area contributed by atoms with Crippen LogP contribution in [0.4, 0.5) is 0 Å². The molecule has 2 aromatic rings. The van der Waals surface area contributed by atoms with Crippen molar-refractivity contribution in [2.45, 2.75) is 13.0 Å². The molecule has 27 heavy (non-hydrogen) atoms. The molecule has 0 spiro atoms. The molecule has 7 heteroatoms. The maximum atomic E-state index is 12.2. The summed E-state index contributed by atoms with van der Waals surface area (Å²) in [4.78, 5) is 12.2. The Balaban J connectivity index is 1.34. The molecule has 0 aliphatic carbocycles. The molecule has 2 aromatic carbocycles. The second-order valence-electron chi connectivity index (χ2n) is 6.04. The summed E-state index contributed by atoms with van der Waals surface area (Å²) in [5, 5.41) is 4.08. The maximum absolute atomic E-state index is 12.2. The summed E-state index contributed by atoms with van der Waals surface area (Å²) in [5.74, 6) is 2.27. The van der Waals surface area contributed by atoms with Gasteiger partial charge in [-0.3, -0.25) is 4.79 Å². The number of ether oxygens (including phenoxy) is 4. The molecule has 138 valence electrons. The van der Waals surface area contributed by atoms with Crippen LogP contribution in [-0.2, 0) is 4.79 Å². The van der Waals surface area contributed by atoms with Crippen LogP contribution in [0, 0.1) is 0 Å². The van der Waals surface area contributed by atoms with E-state index < -0.39 is 6.10 Å². The molecule has 0 saturated carbocycles. The lowest BCUT2D eigenvalue weighted by molar-refractivity contribution is -0.130. The van der Waals surface area contributed by atoms with E-state index in [2.05, 4.69) is 10.5 Å². The summed E-state index contributed by atoms with van der Waals surface area (Å²) in [6, 6.07) is 12.9. The van der Waals surface area contributed by atoms with Crippen molar-refractivity contribution in [2.24, 2.45) is 5.10 Å². The van der Waals surface area contributed by atoms with Crippen LogP contribution in [0.5, 0.6) is 23.0 Å². The third-order valence-electron chi connectivity index (χ3n) is 4.06. The van der Waals surface area contributed by atoms with Crippen molar-refractivity contribution in [3.8, 4) is 23.0 Å². The topological polar surface area (TPSA) is 78.4 Å². The number of nitrogens with one attached hydrogen (secondary N) is 1. The van der Waals surface area contributed by atoms with Gasteiger partial charge in [0.15, 0.2) is 23.0 Å². The molecule has 4 rings (SSSR count). The lowest BCUT2D eigenvalue weighted by Gasteiger charge is -2.24. The van der Waals surface area contributed by atoms with Crippen LogP contribution in [0.1, 0.15) is 12.5 Å². The van der Waals surface area contributed by atoms with Crippen LogP contribution < -0.4 is 24.4 Å². The first-order valence-electron chi connectivity index (χ1n) is 8.49. The molecule has 2 aliphatic rings. The van der Waals surface area contributed by atoms with Crippen molar-refractivity contribution in [1.82, 2.24) is 5.43 Å². The van der Waals surface area contributed by atoms with E-state index in [-0.39, 0.29) is 19.3 Å². The second-order valence-corrected chi connectivity index (χ2v) is 6.04. The predicted molar refractivity (Wildman–Crippen MR) is 99.2 cm³/mol. The normalized spacial score (nSPS) is 17.8. The highest BCUT2D eigenvalue weighted by atomic mass is 16.7. The van der Waals surface area contributed by atoms with Gasteiger partial charge in [0.1, 0.15) is 6.61 Å². The zero-order chi connectivity index (χ0) is 18.6. The molecule has 2 aliphatic heterocycles.